The third-order valence-electron chi connectivity index (χ3n) is 7.86. The second-order valence-electron chi connectivity index (χ2n) is 12.0. The van der Waals surface area contributed by atoms with Gasteiger partial charge in [-0.2, -0.15) is 0 Å². The van der Waals surface area contributed by atoms with Gasteiger partial charge in [-0.25, -0.2) is 0 Å². The molecule has 0 aromatic carbocycles. The molecule has 0 spiro atoms. The van der Waals surface area contributed by atoms with Gasteiger partial charge < -0.3 is 31.9 Å². The van der Waals surface area contributed by atoms with Crippen LogP contribution in [0.15, 0.2) is 0 Å². The fourth-order valence-corrected chi connectivity index (χ4v) is 8.15. The van der Waals surface area contributed by atoms with Gasteiger partial charge in [0.1, 0.15) is 0 Å². The quantitative estimate of drug-likeness (QED) is 0.0443. The molecule has 10 nitrogen and oxygen atoms in total. The zero-order valence-corrected chi connectivity index (χ0v) is 36.6. The molecule has 0 radical (unpaired) electrons. The average Bonchev–Trinajstić information content (AvgIpc) is 3.05. The number of amides is 2. The lowest BCUT2D eigenvalue weighted by Gasteiger charge is -2.18. The van der Waals surface area contributed by atoms with Gasteiger partial charge in [-0.15, -0.1) is 0 Å². The van der Waals surface area contributed by atoms with Crippen LogP contribution in [0.25, 0.3) is 0 Å². The Morgan fingerprint density at radius 2 is 0.915 bits per heavy atom. The predicted octanol–water partition coefficient (Wildman–Crippen LogP) is 5.34. The highest BCUT2D eigenvalue weighted by molar-refractivity contribution is 8.50. The lowest BCUT2D eigenvalue weighted by molar-refractivity contribution is -0.125. The third kappa shape index (κ3) is 28.0. The zero-order valence-electron chi connectivity index (χ0n) is 30.2. The highest BCUT2D eigenvalue weighted by Crippen LogP contribution is 2.54. The summed E-state index contributed by atoms with van der Waals surface area (Å²) in [5, 5.41) is 18.6. The Hall–Kier alpha value is 0.700. The van der Waals surface area contributed by atoms with Crippen LogP contribution in [0.3, 0.4) is 0 Å². The normalized spacial score (nSPS) is 13.8. The Bertz CT molecular complexity index is 831. The summed E-state index contributed by atoms with van der Waals surface area (Å²) in [4.78, 5) is 48.0. The van der Waals surface area contributed by atoms with Crippen molar-refractivity contribution in [1.29, 1.82) is 0 Å². The summed E-state index contributed by atoms with van der Waals surface area (Å²) in [6.07, 6.45) is 11.6. The number of hydrogen-bond donors (Lipinski definition) is 6. The van der Waals surface area contributed by atoms with Crippen LogP contribution in [0, 0.1) is 11.8 Å². The van der Waals surface area contributed by atoms with Crippen molar-refractivity contribution in [3.8, 4) is 0 Å². The minimum absolute atomic E-state index is 0.0575. The number of carbonyl (C=O) groups is 4. The van der Waals surface area contributed by atoms with Crippen molar-refractivity contribution in [1.82, 2.24) is 31.9 Å². The Kier molecular flexibility index (Phi) is 35.8. The van der Waals surface area contributed by atoms with E-state index in [1.54, 1.807) is 0 Å². The van der Waals surface area contributed by atoms with Crippen molar-refractivity contribution < 1.29 is 19.2 Å². The van der Waals surface area contributed by atoms with E-state index in [2.05, 4.69) is 67.6 Å². The lowest BCUT2D eigenvalue weighted by atomic mass is 10.0. The van der Waals surface area contributed by atoms with E-state index < -0.39 is 14.6 Å². The van der Waals surface area contributed by atoms with Crippen molar-refractivity contribution in [3.05, 3.63) is 0 Å². The number of unbranched alkanes of at least 4 members (excludes halogenated alkanes) is 4. The van der Waals surface area contributed by atoms with E-state index in [9.17, 15) is 19.2 Å². The van der Waals surface area contributed by atoms with Crippen molar-refractivity contribution in [3.63, 3.8) is 0 Å². The van der Waals surface area contributed by atoms with E-state index in [4.69, 9.17) is 0 Å². The summed E-state index contributed by atoms with van der Waals surface area (Å²) in [5.74, 6) is 0.457. The van der Waals surface area contributed by atoms with Crippen LogP contribution in [0.5, 0.6) is 0 Å². The lowest BCUT2D eigenvalue weighted by Crippen LogP contribution is -2.35. The molecule has 2 amide bonds. The molecule has 8 unspecified atom stereocenters. The Balaban J connectivity index is 0. The SMILES string of the molecule is CCNC(CCCCNC(=O)C(C)CCCCNC)C(=O)P(P)P.CNCCCCC(C)C(=O)NCCCCC(NC)C(=O)P(P)P. The zero-order chi connectivity index (χ0) is 36.0. The van der Waals surface area contributed by atoms with Crippen LogP contribution < -0.4 is 31.9 Å². The first-order valence-corrected chi connectivity index (χ1v) is 26.4. The first-order valence-electron chi connectivity index (χ1n) is 17.3. The molecule has 0 aliphatic rings. The van der Waals surface area contributed by atoms with E-state index in [-0.39, 0.29) is 46.8 Å². The van der Waals surface area contributed by atoms with Gasteiger partial charge in [-0.1, -0.05) is 69.3 Å². The molecule has 278 valence electrons. The second kappa shape index (κ2) is 33.8. The van der Waals surface area contributed by atoms with Crippen LogP contribution in [0.2, 0.25) is 0 Å². The summed E-state index contributed by atoms with van der Waals surface area (Å²) in [6, 6.07) is -0.129. The molecular formula is C31H70N6O4P6. The summed E-state index contributed by atoms with van der Waals surface area (Å²) < 4.78 is 0. The van der Waals surface area contributed by atoms with Gasteiger partial charge in [0.15, 0.2) is 11.0 Å². The molecule has 6 N–H and O–H groups in total. The van der Waals surface area contributed by atoms with Gasteiger partial charge in [-0.05, 0) is 105 Å². The summed E-state index contributed by atoms with van der Waals surface area (Å²) in [6.45, 7) is 10.2. The molecule has 47 heavy (non-hydrogen) atoms. The maximum absolute atomic E-state index is 12.1. The maximum atomic E-state index is 12.1. The van der Waals surface area contributed by atoms with Gasteiger partial charge in [-0.3, -0.25) is 19.2 Å². The number of nitrogens with one attached hydrogen (secondary N) is 6. The maximum Gasteiger partial charge on any atom is 0.222 e. The van der Waals surface area contributed by atoms with Crippen LogP contribution in [-0.4, -0.2) is 88.8 Å². The molecule has 0 aromatic rings. The fourth-order valence-electron chi connectivity index (χ4n) is 4.80. The van der Waals surface area contributed by atoms with Crippen LogP contribution in [0.1, 0.15) is 97.8 Å². The van der Waals surface area contributed by atoms with Crippen molar-refractivity contribution in [2.24, 2.45) is 11.8 Å². The molecule has 0 bridgehead atoms. The first kappa shape index (κ1) is 49.8. The molecule has 0 aromatic heterocycles. The fraction of sp³-hybridized carbons (Fsp3) is 0.871. The summed E-state index contributed by atoms with van der Waals surface area (Å²) >= 11 is 0. The van der Waals surface area contributed by atoms with Crippen LogP contribution in [-0.2, 0) is 19.2 Å². The van der Waals surface area contributed by atoms with E-state index in [0.29, 0.717) is 13.1 Å². The van der Waals surface area contributed by atoms with Gasteiger partial charge >= 0.3 is 0 Å². The largest absolute Gasteiger partial charge is 0.356 e. The van der Waals surface area contributed by atoms with Crippen molar-refractivity contribution in [2.75, 3.05) is 53.9 Å². The van der Waals surface area contributed by atoms with Crippen LogP contribution in [0.4, 0.5) is 0 Å². The summed E-state index contributed by atoms with van der Waals surface area (Å²) in [7, 11) is 14.7. The highest BCUT2D eigenvalue weighted by atomic mass is 32.4. The number of hydrogen-bond acceptors (Lipinski definition) is 8. The van der Waals surface area contributed by atoms with E-state index in [0.717, 1.165) is 96.7 Å². The molecule has 0 aliphatic carbocycles. The number of likely N-dealkylation sites (N-methyl/N-ethyl adjacent to an activating group) is 2. The van der Waals surface area contributed by atoms with Gasteiger partial charge in [0.25, 0.3) is 0 Å². The van der Waals surface area contributed by atoms with E-state index in [1.165, 1.54) is 0 Å². The number of rotatable bonds is 29. The van der Waals surface area contributed by atoms with Gasteiger partial charge in [0.05, 0.1) is 12.1 Å². The molecule has 0 fully saturated rings. The van der Waals surface area contributed by atoms with E-state index >= 15 is 0 Å². The third-order valence-corrected chi connectivity index (χ3v) is 12.6. The molecule has 0 heterocycles. The van der Waals surface area contributed by atoms with Gasteiger partial charge in [0, 0.05) is 39.5 Å². The summed E-state index contributed by atoms with van der Waals surface area (Å²) in [5.41, 5.74) is 0.540. The topological polar surface area (TPSA) is 140 Å². The molecule has 0 rings (SSSR count). The van der Waals surface area contributed by atoms with Crippen molar-refractivity contribution >= 4 is 73.2 Å². The molecule has 0 saturated carbocycles. The molecule has 8 atom stereocenters. The highest BCUT2D eigenvalue weighted by Gasteiger charge is 2.21. The molecule has 16 heteroatoms. The van der Waals surface area contributed by atoms with Gasteiger partial charge in [0.2, 0.25) is 11.8 Å². The minimum Gasteiger partial charge on any atom is -0.356 e. The molecule has 0 aliphatic heterocycles. The monoisotopic (exact) mass is 776 g/mol. The average molecular weight is 777 g/mol. The minimum atomic E-state index is -0.707. The number of carbonyl (C=O) groups excluding carboxylic acids is 4. The Labute approximate surface area is 299 Å². The van der Waals surface area contributed by atoms with Crippen molar-refractivity contribution in [2.45, 2.75) is 110 Å². The Morgan fingerprint density at radius 1 is 0.553 bits per heavy atom. The molecule has 0 saturated heterocycles. The van der Waals surface area contributed by atoms with E-state index in [1.807, 2.05) is 41.9 Å². The molecular weight excluding hydrogens is 706 g/mol. The predicted molar refractivity (Wildman–Crippen MR) is 221 cm³/mol. The standard InChI is InChI=1S/C16H36N3O2P3.C15H34N3O2P3/c1-4-18-14(16(21)24(22)23)10-6-8-12-19-15(20)13(2)9-5-7-11-17-3;1-12(8-4-6-10-16-2)14(19)18-11-7-5-9-13(17-3)15(20)23(21)22/h13-14,17-18H,4-12,22-23H2,1-3H3,(H,19,20);12-13,16-17H,4-11,21-22H2,1-3H3,(H,18,19). The van der Waals surface area contributed by atoms with Crippen LogP contribution >= 0.6 is 50.3 Å². The second-order valence-corrected chi connectivity index (χ2v) is 24.8. The first-order chi connectivity index (χ1) is 22.4. The Morgan fingerprint density at radius 3 is 1.28 bits per heavy atom. The smallest absolute Gasteiger partial charge is 0.222 e.